The van der Waals surface area contributed by atoms with Crippen molar-refractivity contribution in [2.45, 2.75) is 19.3 Å². The highest BCUT2D eigenvalue weighted by atomic mass is 16.2. The summed E-state index contributed by atoms with van der Waals surface area (Å²) in [5.41, 5.74) is 1.08. The first-order valence-corrected chi connectivity index (χ1v) is 3.95. The standard InChI is InChI=1S/C10H11NO/c12-9-5-1-2-6-10-7-3-4-8-11-10/h3-4,7-8,12H,1-2,6H2. The summed E-state index contributed by atoms with van der Waals surface area (Å²) in [4.78, 5) is 4.17. The van der Waals surface area contributed by atoms with Gasteiger partial charge in [-0.1, -0.05) is 12.0 Å². The first kappa shape index (κ1) is 8.61. The number of aryl methyl sites for hydroxylation is 1. The van der Waals surface area contributed by atoms with E-state index in [9.17, 15) is 0 Å². The molecule has 0 radical (unpaired) electrons. The summed E-state index contributed by atoms with van der Waals surface area (Å²) in [6, 6.07) is 5.86. The van der Waals surface area contributed by atoms with Gasteiger partial charge in [0.25, 0.3) is 0 Å². The zero-order chi connectivity index (χ0) is 8.65. The van der Waals surface area contributed by atoms with Gasteiger partial charge in [0.1, 0.15) is 6.11 Å². The molecule has 0 saturated carbocycles. The van der Waals surface area contributed by atoms with Gasteiger partial charge in [0, 0.05) is 18.3 Å². The summed E-state index contributed by atoms with van der Waals surface area (Å²) in [7, 11) is 0. The normalized spacial score (nSPS) is 8.67. The van der Waals surface area contributed by atoms with Gasteiger partial charge in [0.05, 0.1) is 0 Å². The number of nitrogens with zero attached hydrogens (tertiary/aromatic N) is 1. The van der Waals surface area contributed by atoms with E-state index in [1.54, 1.807) is 6.20 Å². The fourth-order valence-corrected chi connectivity index (χ4v) is 0.960. The molecule has 2 nitrogen and oxygen atoms in total. The van der Waals surface area contributed by atoms with Crippen molar-refractivity contribution in [2.24, 2.45) is 0 Å². The van der Waals surface area contributed by atoms with Crippen LogP contribution in [0.2, 0.25) is 0 Å². The predicted molar refractivity (Wildman–Crippen MR) is 46.9 cm³/mol. The molecule has 0 aliphatic rings. The van der Waals surface area contributed by atoms with E-state index in [-0.39, 0.29) is 0 Å². The van der Waals surface area contributed by atoms with Gasteiger partial charge in [-0.15, -0.1) is 0 Å². The van der Waals surface area contributed by atoms with Crippen molar-refractivity contribution in [1.82, 2.24) is 4.98 Å². The molecule has 62 valence electrons. The maximum Gasteiger partial charge on any atom is 0.107 e. The van der Waals surface area contributed by atoms with Crippen LogP contribution >= 0.6 is 0 Å². The maximum absolute atomic E-state index is 8.19. The van der Waals surface area contributed by atoms with Gasteiger partial charge in [0.2, 0.25) is 0 Å². The third-order valence-electron chi connectivity index (χ3n) is 1.54. The van der Waals surface area contributed by atoms with Crippen LogP contribution < -0.4 is 0 Å². The molecule has 0 aromatic carbocycles. The summed E-state index contributed by atoms with van der Waals surface area (Å²) < 4.78 is 0. The van der Waals surface area contributed by atoms with E-state index in [1.807, 2.05) is 24.3 Å². The first-order chi connectivity index (χ1) is 5.93. The molecule has 0 spiro atoms. The lowest BCUT2D eigenvalue weighted by molar-refractivity contribution is 0.515. The molecular weight excluding hydrogens is 150 g/mol. The van der Waals surface area contributed by atoms with Gasteiger partial charge in [-0.25, -0.2) is 0 Å². The Morgan fingerprint density at radius 2 is 2.33 bits per heavy atom. The molecule has 0 atom stereocenters. The lowest BCUT2D eigenvalue weighted by Crippen LogP contribution is -1.87. The van der Waals surface area contributed by atoms with Crippen molar-refractivity contribution >= 4 is 0 Å². The Bertz CT molecular complexity index is 271. The number of rotatable bonds is 3. The van der Waals surface area contributed by atoms with E-state index >= 15 is 0 Å². The predicted octanol–water partition coefficient (Wildman–Crippen LogP) is 1.74. The van der Waals surface area contributed by atoms with E-state index in [0.29, 0.717) is 0 Å². The molecule has 1 N–H and O–H groups in total. The zero-order valence-electron chi connectivity index (χ0n) is 6.83. The molecular formula is C10H11NO. The Hall–Kier alpha value is -1.49. The van der Waals surface area contributed by atoms with Gasteiger partial charge >= 0.3 is 0 Å². The molecule has 1 aromatic heterocycles. The van der Waals surface area contributed by atoms with Crippen molar-refractivity contribution in [1.29, 1.82) is 0 Å². The minimum atomic E-state index is 0.729. The number of unbranched alkanes of at least 4 members (excludes halogenated alkanes) is 1. The van der Waals surface area contributed by atoms with Gasteiger partial charge in [-0.3, -0.25) is 4.98 Å². The highest BCUT2D eigenvalue weighted by molar-refractivity contribution is 5.03. The average molecular weight is 161 g/mol. The number of aromatic nitrogens is 1. The number of hydrogen-bond donors (Lipinski definition) is 1. The molecule has 0 saturated heterocycles. The lowest BCUT2D eigenvalue weighted by atomic mass is 10.2. The summed E-state index contributed by atoms with van der Waals surface area (Å²) in [6.45, 7) is 0. The topological polar surface area (TPSA) is 33.1 Å². The monoisotopic (exact) mass is 161 g/mol. The molecule has 1 aromatic rings. The molecule has 0 unspecified atom stereocenters. The number of aliphatic hydroxyl groups is 1. The van der Waals surface area contributed by atoms with Crippen molar-refractivity contribution < 1.29 is 5.11 Å². The van der Waals surface area contributed by atoms with E-state index in [0.717, 1.165) is 25.0 Å². The Morgan fingerprint density at radius 1 is 1.42 bits per heavy atom. The second-order valence-electron chi connectivity index (χ2n) is 2.46. The molecule has 12 heavy (non-hydrogen) atoms. The maximum atomic E-state index is 8.19. The van der Waals surface area contributed by atoms with Gasteiger partial charge < -0.3 is 5.11 Å². The minimum absolute atomic E-state index is 0.729. The van der Waals surface area contributed by atoms with Crippen molar-refractivity contribution in [3.8, 4) is 12.0 Å². The number of pyridine rings is 1. The van der Waals surface area contributed by atoms with Crippen LogP contribution in [-0.4, -0.2) is 10.1 Å². The quantitative estimate of drug-likeness (QED) is 0.541. The average Bonchev–Trinajstić information content (AvgIpc) is 2.14. The van der Waals surface area contributed by atoms with Crippen molar-refractivity contribution in [3.63, 3.8) is 0 Å². The molecule has 0 bridgehead atoms. The second-order valence-corrected chi connectivity index (χ2v) is 2.46. The SMILES string of the molecule is OC#CCCCc1ccccn1. The van der Waals surface area contributed by atoms with Crippen LogP contribution in [0.4, 0.5) is 0 Å². The Balaban J connectivity index is 2.27. The molecule has 1 heterocycles. The van der Waals surface area contributed by atoms with Gasteiger partial charge in [-0.05, 0) is 25.0 Å². The molecule has 1 rings (SSSR count). The van der Waals surface area contributed by atoms with Crippen LogP contribution in [0.15, 0.2) is 24.4 Å². The van der Waals surface area contributed by atoms with E-state index in [2.05, 4.69) is 10.9 Å². The number of hydrogen-bond acceptors (Lipinski definition) is 2. The summed E-state index contributed by atoms with van der Waals surface area (Å²) in [5.74, 6) is 2.60. The fraction of sp³-hybridized carbons (Fsp3) is 0.300. The summed E-state index contributed by atoms with van der Waals surface area (Å²) in [6.07, 6.45) is 6.27. The Morgan fingerprint density at radius 3 is 3.00 bits per heavy atom. The van der Waals surface area contributed by atoms with Crippen LogP contribution in [0.25, 0.3) is 0 Å². The number of aliphatic hydroxyl groups excluding tert-OH is 1. The van der Waals surface area contributed by atoms with Crippen molar-refractivity contribution in [2.75, 3.05) is 0 Å². The van der Waals surface area contributed by atoms with Crippen LogP contribution in [0, 0.1) is 12.0 Å². The fourth-order valence-electron chi connectivity index (χ4n) is 0.960. The van der Waals surface area contributed by atoms with E-state index in [4.69, 9.17) is 5.11 Å². The lowest BCUT2D eigenvalue weighted by Gasteiger charge is -1.95. The largest absolute Gasteiger partial charge is 0.462 e. The van der Waals surface area contributed by atoms with Gasteiger partial charge in [-0.2, -0.15) is 0 Å². The summed E-state index contributed by atoms with van der Waals surface area (Å²) >= 11 is 0. The molecule has 2 heteroatoms. The Kier molecular flexibility index (Phi) is 3.73. The van der Waals surface area contributed by atoms with E-state index in [1.165, 1.54) is 0 Å². The van der Waals surface area contributed by atoms with Crippen LogP contribution in [0.1, 0.15) is 18.5 Å². The highest BCUT2D eigenvalue weighted by Crippen LogP contribution is 1.99. The highest BCUT2D eigenvalue weighted by Gasteiger charge is 1.90. The molecule has 0 aliphatic carbocycles. The third kappa shape index (κ3) is 3.07. The molecule has 0 amide bonds. The minimum Gasteiger partial charge on any atom is -0.462 e. The van der Waals surface area contributed by atoms with Crippen LogP contribution in [-0.2, 0) is 6.42 Å². The second kappa shape index (κ2) is 5.20. The van der Waals surface area contributed by atoms with E-state index < -0.39 is 0 Å². The third-order valence-corrected chi connectivity index (χ3v) is 1.54. The smallest absolute Gasteiger partial charge is 0.107 e. The van der Waals surface area contributed by atoms with Crippen molar-refractivity contribution in [3.05, 3.63) is 30.1 Å². The zero-order valence-corrected chi connectivity index (χ0v) is 6.83. The molecule has 0 aliphatic heterocycles. The van der Waals surface area contributed by atoms with Crippen LogP contribution in [0.5, 0.6) is 0 Å². The van der Waals surface area contributed by atoms with Crippen LogP contribution in [0.3, 0.4) is 0 Å². The Labute approximate surface area is 72.3 Å². The summed E-state index contributed by atoms with van der Waals surface area (Å²) in [5, 5.41) is 8.19. The van der Waals surface area contributed by atoms with Gasteiger partial charge in [0.15, 0.2) is 0 Å². The first-order valence-electron chi connectivity index (χ1n) is 3.95. The molecule has 0 fully saturated rings.